The first-order valence-electron chi connectivity index (χ1n) is 8.83. The molecule has 0 radical (unpaired) electrons. The molecule has 1 heterocycles. The Morgan fingerprint density at radius 1 is 0.885 bits per heavy atom. The van der Waals surface area contributed by atoms with Crippen molar-refractivity contribution in [2.75, 3.05) is 6.61 Å². The van der Waals surface area contributed by atoms with Crippen LogP contribution in [0.5, 0.6) is 11.5 Å². The molecule has 134 valence electrons. The van der Waals surface area contributed by atoms with Crippen molar-refractivity contribution in [1.29, 1.82) is 0 Å². The molecule has 0 amide bonds. The normalized spacial score (nSPS) is 10.6. The van der Waals surface area contributed by atoms with Gasteiger partial charge in [-0.1, -0.05) is 24.3 Å². The predicted molar refractivity (Wildman–Crippen MR) is 104 cm³/mol. The second-order valence-electron chi connectivity index (χ2n) is 6.27. The molecule has 4 heteroatoms. The molecular formula is C22H24N2O2. The van der Waals surface area contributed by atoms with Gasteiger partial charge in [-0.05, 0) is 51.0 Å². The first-order valence-corrected chi connectivity index (χ1v) is 8.83. The van der Waals surface area contributed by atoms with Gasteiger partial charge >= 0.3 is 0 Å². The molecule has 0 N–H and O–H groups in total. The molecule has 3 rings (SSSR count). The van der Waals surface area contributed by atoms with Crippen LogP contribution in [0.2, 0.25) is 0 Å². The zero-order valence-electron chi connectivity index (χ0n) is 15.7. The Hall–Kier alpha value is -2.88. The van der Waals surface area contributed by atoms with E-state index >= 15 is 0 Å². The number of hydrogen-bond acceptors (Lipinski definition) is 4. The molecule has 1 aromatic heterocycles. The van der Waals surface area contributed by atoms with Crippen molar-refractivity contribution >= 4 is 0 Å². The van der Waals surface area contributed by atoms with E-state index in [-0.39, 0.29) is 0 Å². The van der Waals surface area contributed by atoms with E-state index in [0.717, 1.165) is 34.1 Å². The first kappa shape index (κ1) is 17.9. The maximum Gasteiger partial charge on any atom is 0.159 e. The fraction of sp³-hybridized carbons (Fsp3) is 0.273. The summed E-state index contributed by atoms with van der Waals surface area (Å²) in [5.41, 5.74) is 5.37. The second kappa shape index (κ2) is 8.00. The summed E-state index contributed by atoms with van der Waals surface area (Å²) in [6.07, 6.45) is 1.86. The third-order valence-electron chi connectivity index (χ3n) is 4.30. The molecule has 0 aliphatic carbocycles. The van der Waals surface area contributed by atoms with Crippen LogP contribution in [0.4, 0.5) is 0 Å². The van der Waals surface area contributed by atoms with Crippen LogP contribution < -0.4 is 9.47 Å². The van der Waals surface area contributed by atoms with Gasteiger partial charge < -0.3 is 9.47 Å². The fourth-order valence-electron chi connectivity index (χ4n) is 2.90. The van der Waals surface area contributed by atoms with Gasteiger partial charge in [-0.15, -0.1) is 0 Å². The maximum absolute atomic E-state index is 5.89. The average Bonchev–Trinajstić information content (AvgIpc) is 2.61. The predicted octanol–water partition coefficient (Wildman–Crippen LogP) is 5.05. The monoisotopic (exact) mass is 348 g/mol. The maximum atomic E-state index is 5.89. The molecule has 0 spiro atoms. The van der Waals surface area contributed by atoms with Gasteiger partial charge in [-0.3, -0.25) is 0 Å². The minimum absolute atomic E-state index is 0.425. The zero-order chi connectivity index (χ0) is 18.5. The quantitative estimate of drug-likeness (QED) is 0.625. The van der Waals surface area contributed by atoms with Crippen molar-refractivity contribution in [2.45, 2.75) is 34.3 Å². The van der Waals surface area contributed by atoms with E-state index in [0.29, 0.717) is 13.2 Å². The van der Waals surface area contributed by atoms with Crippen LogP contribution >= 0.6 is 0 Å². The van der Waals surface area contributed by atoms with Crippen LogP contribution in [0.15, 0.2) is 48.7 Å². The topological polar surface area (TPSA) is 44.2 Å². The summed E-state index contributed by atoms with van der Waals surface area (Å²) in [4.78, 5) is 9.28. The lowest BCUT2D eigenvalue weighted by Gasteiger charge is -2.12. The van der Waals surface area contributed by atoms with Gasteiger partial charge in [0.15, 0.2) is 5.82 Å². The molecule has 2 aromatic carbocycles. The van der Waals surface area contributed by atoms with Crippen molar-refractivity contribution in [3.63, 3.8) is 0 Å². The van der Waals surface area contributed by atoms with Crippen molar-refractivity contribution in [1.82, 2.24) is 9.97 Å². The number of aryl methyl sites for hydroxylation is 3. The Balaban J connectivity index is 1.77. The van der Waals surface area contributed by atoms with E-state index in [1.165, 1.54) is 11.1 Å². The number of hydrogen-bond donors (Lipinski definition) is 0. The van der Waals surface area contributed by atoms with E-state index in [1.807, 2.05) is 44.3 Å². The van der Waals surface area contributed by atoms with Crippen LogP contribution in [-0.4, -0.2) is 16.6 Å². The Kier molecular flexibility index (Phi) is 5.52. The minimum Gasteiger partial charge on any atom is -0.494 e. The van der Waals surface area contributed by atoms with E-state index < -0.39 is 0 Å². The Bertz CT molecular complexity index is 886. The van der Waals surface area contributed by atoms with Crippen LogP contribution in [0.1, 0.15) is 29.3 Å². The molecule has 0 saturated carbocycles. The van der Waals surface area contributed by atoms with E-state index in [4.69, 9.17) is 14.5 Å². The Morgan fingerprint density at radius 3 is 2.19 bits per heavy atom. The Labute approximate surface area is 154 Å². The van der Waals surface area contributed by atoms with Crippen molar-refractivity contribution < 1.29 is 9.47 Å². The molecule has 3 aromatic rings. The summed E-state index contributed by atoms with van der Waals surface area (Å²) >= 11 is 0. The number of nitrogens with zero attached hydrogens (tertiary/aromatic N) is 2. The standard InChI is InChI=1S/C22H24N2O2/c1-5-25-19-10-7-11-20(12-19)26-14-18-13-23-22(24-17(18)4)21-15(2)8-6-9-16(21)3/h6-13H,5,14H2,1-4H3. The van der Waals surface area contributed by atoms with E-state index in [1.54, 1.807) is 0 Å². The fourth-order valence-corrected chi connectivity index (χ4v) is 2.90. The summed E-state index contributed by atoms with van der Waals surface area (Å²) in [5, 5.41) is 0. The molecule has 0 unspecified atom stereocenters. The lowest BCUT2D eigenvalue weighted by Crippen LogP contribution is -2.04. The Morgan fingerprint density at radius 2 is 1.54 bits per heavy atom. The summed E-state index contributed by atoms with van der Waals surface area (Å²) in [5.74, 6) is 2.35. The molecule has 0 aliphatic heterocycles. The summed E-state index contributed by atoms with van der Waals surface area (Å²) in [6.45, 7) is 9.19. The van der Waals surface area contributed by atoms with Gasteiger partial charge in [-0.25, -0.2) is 9.97 Å². The highest BCUT2D eigenvalue weighted by atomic mass is 16.5. The summed E-state index contributed by atoms with van der Waals surface area (Å²) in [6, 6.07) is 13.9. The summed E-state index contributed by atoms with van der Waals surface area (Å²) in [7, 11) is 0. The van der Waals surface area contributed by atoms with E-state index in [9.17, 15) is 0 Å². The lowest BCUT2D eigenvalue weighted by atomic mass is 10.0. The van der Waals surface area contributed by atoms with Crippen LogP contribution in [0.25, 0.3) is 11.4 Å². The smallest absolute Gasteiger partial charge is 0.159 e. The van der Waals surface area contributed by atoms with Gasteiger partial charge in [0.25, 0.3) is 0 Å². The van der Waals surface area contributed by atoms with Crippen molar-refractivity contribution in [3.05, 3.63) is 71.0 Å². The highest BCUT2D eigenvalue weighted by Crippen LogP contribution is 2.25. The largest absolute Gasteiger partial charge is 0.494 e. The van der Waals surface area contributed by atoms with Crippen molar-refractivity contribution in [2.24, 2.45) is 0 Å². The highest BCUT2D eigenvalue weighted by Gasteiger charge is 2.11. The SMILES string of the molecule is CCOc1cccc(OCc2cnc(-c3c(C)cccc3C)nc2C)c1. The molecule has 0 bridgehead atoms. The van der Waals surface area contributed by atoms with Crippen LogP contribution in [-0.2, 0) is 6.61 Å². The molecule has 4 nitrogen and oxygen atoms in total. The molecule has 0 saturated heterocycles. The first-order chi connectivity index (χ1) is 12.6. The van der Waals surface area contributed by atoms with Gasteiger partial charge in [0.05, 0.1) is 6.61 Å². The molecule has 0 atom stereocenters. The third-order valence-corrected chi connectivity index (χ3v) is 4.30. The highest BCUT2D eigenvalue weighted by molar-refractivity contribution is 5.64. The molecule has 0 aliphatic rings. The molecule has 26 heavy (non-hydrogen) atoms. The second-order valence-corrected chi connectivity index (χ2v) is 6.27. The molecule has 0 fully saturated rings. The summed E-state index contributed by atoms with van der Waals surface area (Å²) < 4.78 is 11.4. The number of ether oxygens (including phenoxy) is 2. The van der Waals surface area contributed by atoms with Gasteiger partial charge in [0.2, 0.25) is 0 Å². The minimum atomic E-state index is 0.425. The lowest BCUT2D eigenvalue weighted by molar-refractivity contribution is 0.298. The van der Waals surface area contributed by atoms with Crippen LogP contribution in [0.3, 0.4) is 0 Å². The number of benzene rings is 2. The van der Waals surface area contributed by atoms with Gasteiger partial charge in [0.1, 0.15) is 18.1 Å². The van der Waals surface area contributed by atoms with Crippen molar-refractivity contribution in [3.8, 4) is 22.9 Å². The average molecular weight is 348 g/mol. The van der Waals surface area contributed by atoms with E-state index in [2.05, 4.69) is 37.0 Å². The number of rotatable bonds is 6. The molecular weight excluding hydrogens is 324 g/mol. The third kappa shape index (κ3) is 4.02. The number of aromatic nitrogens is 2. The van der Waals surface area contributed by atoms with Gasteiger partial charge in [-0.2, -0.15) is 0 Å². The van der Waals surface area contributed by atoms with Crippen LogP contribution in [0, 0.1) is 20.8 Å². The zero-order valence-corrected chi connectivity index (χ0v) is 15.7. The van der Waals surface area contributed by atoms with Gasteiger partial charge in [0, 0.05) is 29.1 Å².